The van der Waals surface area contributed by atoms with Gasteiger partial charge in [-0.1, -0.05) is 0 Å². The fourth-order valence-corrected chi connectivity index (χ4v) is 0.996. The maximum absolute atomic E-state index is 12.4. The molecule has 3 N–H and O–H groups in total. The summed E-state index contributed by atoms with van der Waals surface area (Å²) in [5.41, 5.74) is 7.28. The second kappa shape index (κ2) is 1.95. The number of halogens is 1. The minimum absolute atomic E-state index is 0.578. The van der Waals surface area contributed by atoms with Crippen LogP contribution < -0.4 is 5.73 Å². The van der Waals surface area contributed by atoms with Gasteiger partial charge in [-0.15, -0.1) is 0 Å². The molecule has 4 heteroatoms. The third-order valence-corrected chi connectivity index (χ3v) is 1.48. The number of hydrogen-bond acceptors (Lipinski definition) is 2. The van der Waals surface area contributed by atoms with E-state index in [0.29, 0.717) is 16.7 Å². The first-order valence-corrected chi connectivity index (χ1v) is 3.16. The zero-order chi connectivity index (χ0) is 7.84. The number of nitrogens with zero attached hydrogens (tertiary/aromatic N) is 1. The highest BCUT2D eigenvalue weighted by Gasteiger charge is 1.99. The number of aromatic amines is 1. The van der Waals surface area contributed by atoms with Gasteiger partial charge in [0.2, 0.25) is 0 Å². The first-order valence-electron chi connectivity index (χ1n) is 3.16. The van der Waals surface area contributed by atoms with Gasteiger partial charge in [0.15, 0.2) is 0 Å². The summed E-state index contributed by atoms with van der Waals surface area (Å²) < 4.78 is 12.4. The Labute approximate surface area is 62.0 Å². The van der Waals surface area contributed by atoms with Crippen LogP contribution in [-0.4, -0.2) is 9.97 Å². The van der Waals surface area contributed by atoms with E-state index in [-0.39, 0.29) is 0 Å². The quantitative estimate of drug-likeness (QED) is 0.557. The monoisotopic (exact) mass is 151 g/mol. The van der Waals surface area contributed by atoms with Crippen molar-refractivity contribution in [2.24, 2.45) is 0 Å². The van der Waals surface area contributed by atoms with Crippen LogP contribution in [0.25, 0.3) is 11.0 Å². The molecular formula is C7H6FN3. The highest BCUT2D eigenvalue weighted by atomic mass is 19.1. The zero-order valence-electron chi connectivity index (χ0n) is 5.63. The molecule has 0 saturated heterocycles. The molecule has 0 atom stereocenters. The van der Waals surface area contributed by atoms with Crippen LogP contribution in [0.15, 0.2) is 18.2 Å². The van der Waals surface area contributed by atoms with Crippen molar-refractivity contribution in [1.82, 2.24) is 9.97 Å². The average Bonchev–Trinajstić information content (AvgIpc) is 2.27. The smallest absolute Gasteiger partial charge is 0.287 e. The fraction of sp³-hybridized carbons (Fsp3) is 0. The van der Waals surface area contributed by atoms with Crippen molar-refractivity contribution in [2.75, 3.05) is 5.73 Å². The number of nitrogen functional groups attached to an aromatic ring is 1. The van der Waals surface area contributed by atoms with E-state index < -0.39 is 6.08 Å². The van der Waals surface area contributed by atoms with E-state index >= 15 is 0 Å². The van der Waals surface area contributed by atoms with Gasteiger partial charge in [0.25, 0.3) is 6.08 Å². The maximum atomic E-state index is 12.4. The Morgan fingerprint density at radius 1 is 1.45 bits per heavy atom. The lowest BCUT2D eigenvalue weighted by atomic mass is 10.3. The molecule has 0 spiro atoms. The highest BCUT2D eigenvalue weighted by molar-refractivity contribution is 5.78. The van der Waals surface area contributed by atoms with Gasteiger partial charge in [0.1, 0.15) is 0 Å². The molecule has 0 radical (unpaired) electrons. The van der Waals surface area contributed by atoms with Crippen molar-refractivity contribution in [2.45, 2.75) is 0 Å². The number of rotatable bonds is 0. The fourth-order valence-electron chi connectivity index (χ4n) is 0.996. The van der Waals surface area contributed by atoms with E-state index in [1.54, 1.807) is 18.2 Å². The van der Waals surface area contributed by atoms with Crippen LogP contribution in [0.2, 0.25) is 0 Å². The molecule has 1 aromatic carbocycles. The molecule has 0 amide bonds. The summed E-state index contributed by atoms with van der Waals surface area (Å²) in [6, 6.07) is 5.00. The number of nitrogens with one attached hydrogen (secondary N) is 1. The van der Waals surface area contributed by atoms with Gasteiger partial charge < -0.3 is 10.7 Å². The Morgan fingerprint density at radius 3 is 3.09 bits per heavy atom. The Balaban J connectivity index is 2.82. The summed E-state index contributed by atoms with van der Waals surface area (Å²) in [5, 5.41) is 0. The van der Waals surface area contributed by atoms with Crippen LogP contribution >= 0.6 is 0 Å². The normalized spacial score (nSPS) is 10.6. The summed E-state index contributed by atoms with van der Waals surface area (Å²) in [6.07, 6.45) is -0.578. The molecule has 56 valence electrons. The lowest BCUT2D eigenvalue weighted by molar-refractivity contribution is 0.556. The third-order valence-electron chi connectivity index (χ3n) is 1.48. The van der Waals surface area contributed by atoms with Crippen LogP contribution in [-0.2, 0) is 0 Å². The Bertz CT molecular complexity index is 393. The van der Waals surface area contributed by atoms with Gasteiger partial charge in [-0.3, -0.25) is 0 Å². The van der Waals surface area contributed by atoms with Crippen LogP contribution in [0.5, 0.6) is 0 Å². The van der Waals surface area contributed by atoms with Gasteiger partial charge in [-0.25, -0.2) is 4.98 Å². The van der Waals surface area contributed by atoms with E-state index in [9.17, 15) is 4.39 Å². The minimum atomic E-state index is -0.578. The number of fused-ring (bicyclic) bond motifs is 1. The molecule has 0 saturated carbocycles. The number of H-pyrrole nitrogens is 1. The molecule has 0 unspecified atom stereocenters. The number of nitrogens with two attached hydrogens (primary N) is 1. The number of benzene rings is 1. The average molecular weight is 151 g/mol. The predicted octanol–water partition coefficient (Wildman–Crippen LogP) is 1.28. The zero-order valence-corrected chi connectivity index (χ0v) is 5.63. The number of hydrogen-bond donors (Lipinski definition) is 2. The third kappa shape index (κ3) is 0.920. The Kier molecular flexibility index (Phi) is 1.09. The molecular weight excluding hydrogens is 145 g/mol. The molecule has 0 aliphatic carbocycles. The second-order valence-corrected chi connectivity index (χ2v) is 2.30. The van der Waals surface area contributed by atoms with Crippen molar-refractivity contribution >= 4 is 16.7 Å². The van der Waals surface area contributed by atoms with Gasteiger partial charge in [-0.05, 0) is 18.2 Å². The first kappa shape index (κ1) is 6.15. The lowest BCUT2D eigenvalue weighted by Crippen LogP contribution is -1.82. The molecule has 0 aliphatic heterocycles. The van der Waals surface area contributed by atoms with Crippen molar-refractivity contribution < 1.29 is 4.39 Å². The highest BCUT2D eigenvalue weighted by Crippen LogP contribution is 2.13. The van der Waals surface area contributed by atoms with Crippen molar-refractivity contribution in [3.8, 4) is 0 Å². The summed E-state index contributed by atoms with van der Waals surface area (Å²) in [4.78, 5) is 6.02. The summed E-state index contributed by atoms with van der Waals surface area (Å²) >= 11 is 0. The summed E-state index contributed by atoms with van der Waals surface area (Å²) in [5.74, 6) is 0. The standard InChI is InChI=1S/C7H6FN3/c8-7-10-5-2-1-4(9)3-6(5)11-7/h1-3H,9H2,(H,10,11). The van der Waals surface area contributed by atoms with Crippen LogP contribution in [0.3, 0.4) is 0 Å². The molecule has 0 bridgehead atoms. The molecule has 0 aliphatic rings. The molecule has 1 heterocycles. The van der Waals surface area contributed by atoms with Crippen LogP contribution in [0, 0.1) is 6.08 Å². The van der Waals surface area contributed by atoms with Crippen molar-refractivity contribution in [1.29, 1.82) is 0 Å². The topological polar surface area (TPSA) is 54.7 Å². The summed E-state index contributed by atoms with van der Waals surface area (Å²) in [7, 11) is 0. The van der Waals surface area contributed by atoms with Gasteiger partial charge in [0, 0.05) is 5.69 Å². The van der Waals surface area contributed by atoms with Crippen molar-refractivity contribution in [3.63, 3.8) is 0 Å². The van der Waals surface area contributed by atoms with Crippen molar-refractivity contribution in [3.05, 3.63) is 24.3 Å². The van der Waals surface area contributed by atoms with E-state index in [0.717, 1.165) is 0 Å². The number of aromatic nitrogens is 2. The van der Waals surface area contributed by atoms with E-state index in [1.165, 1.54) is 0 Å². The van der Waals surface area contributed by atoms with Gasteiger partial charge >= 0.3 is 0 Å². The minimum Gasteiger partial charge on any atom is -0.399 e. The van der Waals surface area contributed by atoms with Gasteiger partial charge in [-0.2, -0.15) is 4.39 Å². The maximum Gasteiger partial charge on any atom is 0.287 e. The molecule has 1 aromatic heterocycles. The Morgan fingerprint density at radius 2 is 2.27 bits per heavy atom. The number of anilines is 1. The van der Waals surface area contributed by atoms with Crippen LogP contribution in [0.4, 0.5) is 10.1 Å². The molecule has 2 aromatic rings. The molecule has 0 fully saturated rings. The molecule has 11 heavy (non-hydrogen) atoms. The van der Waals surface area contributed by atoms with E-state index in [2.05, 4.69) is 9.97 Å². The van der Waals surface area contributed by atoms with E-state index in [4.69, 9.17) is 5.73 Å². The predicted molar refractivity (Wildman–Crippen MR) is 40.5 cm³/mol. The second-order valence-electron chi connectivity index (χ2n) is 2.30. The van der Waals surface area contributed by atoms with E-state index in [1.807, 2.05) is 0 Å². The Hall–Kier alpha value is -1.58. The van der Waals surface area contributed by atoms with Crippen LogP contribution in [0.1, 0.15) is 0 Å². The SMILES string of the molecule is Nc1ccc2nc(F)[nH]c2c1. The lowest BCUT2D eigenvalue weighted by Gasteiger charge is -1.89. The van der Waals surface area contributed by atoms with Gasteiger partial charge in [0.05, 0.1) is 11.0 Å². The first-order chi connectivity index (χ1) is 5.25. The number of imidazole rings is 1. The largest absolute Gasteiger partial charge is 0.399 e. The summed E-state index contributed by atoms with van der Waals surface area (Å²) in [6.45, 7) is 0. The molecule has 3 nitrogen and oxygen atoms in total. The molecule has 2 rings (SSSR count).